The lowest BCUT2D eigenvalue weighted by atomic mass is 10.2. The first-order valence-electron chi connectivity index (χ1n) is 4.78. The van der Waals surface area contributed by atoms with E-state index in [0.717, 1.165) is 16.7 Å². The van der Waals surface area contributed by atoms with E-state index in [1.54, 1.807) is 7.11 Å². The number of nitrogens with one attached hydrogen (secondary N) is 1. The molecule has 6 nitrogen and oxygen atoms in total. The smallest absolute Gasteiger partial charge is 0.274 e. The van der Waals surface area contributed by atoms with E-state index in [1.807, 2.05) is 35.0 Å². The number of H-pyrrole nitrogens is 1. The minimum Gasteiger partial charge on any atom is -0.496 e. The number of fused-ring (bicyclic) bond motifs is 1. The Morgan fingerprint density at radius 2 is 2.25 bits per heavy atom. The second-order valence-electron chi connectivity index (χ2n) is 3.29. The van der Waals surface area contributed by atoms with E-state index in [1.165, 1.54) is 0 Å². The highest BCUT2D eigenvalue weighted by Gasteiger charge is 2.09. The summed E-state index contributed by atoms with van der Waals surface area (Å²) in [5.74, 6) is 1.35. The lowest BCUT2D eigenvalue weighted by Gasteiger charge is -2.02. The molecule has 6 heteroatoms. The molecule has 0 bridgehead atoms. The van der Waals surface area contributed by atoms with Crippen LogP contribution in [0.1, 0.15) is 0 Å². The molecule has 0 aliphatic rings. The van der Waals surface area contributed by atoms with E-state index in [0.29, 0.717) is 5.95 Å². The molecule has 0 saturated heterocycles. The fourth-order valence-corrected chi connectivity index (χ4v) is 1.75. The minimum atomic E-state index is 0.517. The standard InChI is InChI=1S/C10H9N5O/c1-16-9-4-2-3-8-7(9)5-6-15(8)10-11-13-14-12-10/h2-6H,1H3,(H,11,12,13,14). The Bertz CT molecular complexity index is 613. The molecule has 1 aromatic carbocycles. The Labute approximate surface area is 90.8 Å². The van der Waals surface area contributed by atoms with Crippen LogP contribution in [0.4, 0.5) is 0 Å². The molecule has 0 unspecified atom stereocenters. The number of rotatable bonds is 2. The molecule has 0 radical (unpaired) electrons. The Morgan fingerprint density at radius 1 is 1.31 bits per heavy atom. The van der Waals surface area contributed by atoms with Gasteiger partial charge in [-0.3, -0.25) is 4.57 Å². The Kier molecular flexibility index (Phi) is 1.86. The van der Waals surface area contributed by atoms with Crippen LogP contribution >= 0.6 is 0 Å². The molecule has 80 valence electrons. The van der Waals surface area contributed by atoms with E-state index in [-0.39, 0.29) is 0 Å². The summed E-state index contributed by atoms with van der Waals surface area (Å²) in [7, 11) is 1.65. The van der Waals surface area contributed by atoms with Crippen molar-refractivity contribution >= 4 is 10.9 Å². The molecule has 0 atom stereocenters. The van der Waals surface area contributed by atoms with Crippen LogP contribution < -0.4 is 4.74 Å². The first-order valence-corrected chi connectivity index (χ1v) is 4.78. The highest BCUT2D eigenvalue weighted by Crippen LogP contribution is 2.27. The summed E-state index contributed by atoms with van der Waals surface area (Å²) in [6.07, 6.45) is 1.89. The van der Waals surface area contributed by atoms with Crippen LogP contribution in [0.2, 0.25) is 0 Å². The van der Waals surface area contributed by atoms with Gasteiger partial charge < -0.3 is 4.74 Å². The molecule has 0 spiro atoms. The normalized spacial score (nSPS) is 10.8. The van der Waals surface area contributed by atoms with Crippen LogP contribution in [0.25, 0.3) is 16.9 Å². The van der Waals surface area contributed by atoms with Crippen molar-refractivity contribution in [1.82, 2.24) is 25.2 Å². The second kappa shape index (κ2) is 3.34. The Hall–Kier alpha value is -2.37. The van der Waals surface area contributed by atoms with Gasteiger partial charge in [0.05, 0.1) is 12.6 Å². The summed E-state index contributed by atoms with van der Waals surface area (Å²) < 4.78 is 7.13. The summed E-state index contributed by atoms with van der Waals surface area (Å²) in [5.41, 5.74) is 0.987. The number of tetrazole rings is 1. The van der Waals surface area contributed by atoms with Crippen LogP contribution in [0.3, 0.4) is 0 Å². The van der Waals surface area contributed by atoms with Gasteiger partial charge in [0.2, 0.25) is 0 Å². The molecule has 0 amide bonds. The average Bonchev–Trinajstić information content (AvgIpc) is 2.96. The maximum atomic E-state index is 5.28. The number of aromatic amines is 1. The zero-order valence-electron chi connectivity index (χ0n) is 8.58. The van der Waals surface area contributed by atoms with Crippen LogP contribution in [-0.2, 0) is 0 Å². The number of ether oxygens (including phenoxy) is 1. The van der Waals surface area contributed by atoms with Crippen molar-refractivity contribution in [2.75, 3.05) is 7.11 Å². The molecule has 3 rings (SSSR count). The van der Waals surface area contributed by atoms with E-state index in [9.17, 15) is 0 Å². The molecular weight excluding hydrogens is 206 g/mol. The third-order valence-electron chi connectivity index (χ3n) is 2.46. The van der Waals surface area contributed by atoms with E-state index in [4.69, 9.17) is 4.74 Å². The van der Waals surface area contributed by atoms with Gasteiger partial charge in [-0.15, -0.1) is 5.10 Å². The van der Waals surface area contributed by atoms with Gasteiger partial charge in [-0.05, 0) is 23.4 Å². The predicted octanol–water partition coefficient (Wildman–Crippen LogP) is 1.15. The molecule has 2 aromatic heterocycles. The highest BCUT2D eigenvalue weighted by molar-refractivity contribution is 5.87. The van der Waals surface area contributed by atoms with Gasteiger partial charge in [0.1, 0.15) is 5.75 Å². The van der Waals surface area contributed by atoms with Crippen molar-refractivity contribution < 1.29 is 4.74 Å². The van der Waals surface area contributed by atoms with Gasteiger partial charge in [0.15, 0.2) is 0 Å². The first-order chi connectivity index (χ1) is 7.90. The van der Waals surface area contributed by atoms with E-state index in [2.05, 4.69) is 20.6 Å². The van der Waals surface area contributed by atoms with Gasteiger partial charge in [0.25, 0.3) is 5.95 Å². The highest BCUT2D eigenvalue weighted by atomic mass is 16.5. The maximum absolute atomic E-state index is 5.28. The van der Waals surface area contributed by atoms with Crippen molar-refractivity contribution in [1.29, 1.82) is 0 Å². The lowest BCUT2D eigenvalue weighted by molar-refractivity contribution is 0.420. The van der Waals surface area contributed by atoms with Crippen molar-refractivity contribution in [2.24, 2.45) is 0 Å². The van der Waals surface area contributed by atoms with Crippen LogP contribution in [0, 0.1) is 0 Å². The summed E-state index contributed by atoms with van der Waals surface area (Å²) in [6, 6.07) is 7.79. The SMILES string of the molecule is COc1cccc2c1ccn2-c1nn[nH]n1. The molecule has 16 heavy (non-hydrogen) atoms. The van der Waals surface area contributed by atoms with Crippen molar-refractivity contribution in [3.8, 4) is 11.7 Å². The molecule has 2 heterocycles. The van der Waals surface area contributed by atoms with E-state index >= 15 is 0 Å². The van der Waals surface area contributed by atoms with Gasteiger partial charge >= 0.3 is 0 Å². The van der Waals surface area contributed by atoms with Gasteiger partial charge in [-0.1, -0.05) is 11.2 Å². The predicted molar refractivity (Wildman–Crippen MR) is 57.6 cm³/mol. The lowest BCUT2D eigenvalue weighted by Crippen LogP contribution is -1.94. The quantitative estimate of drug-likeness (QED) is 0.696. The molecule has 0 saturated carbocycles. The summed E-state index contributed by atoms with van der Waals surface area (Å²) in [4.78, 5) is 0. The number of hydrogen-bond acceptors (Lipinski definition) is 4. The van der Waals surface area contributed by atoms with Crippen LogP contribution in [0.15, 0.2) is 30.5 Å². The monoisotopic (exact) mass is 215 g/mol. The van der Waals surface area contributed by atoms with Crippen molar-refractivity contribution in [3.05, 3.63) is 30.5 Å². The summed E-state index contributed by atoms with van der Waals surface area (Å²) in [5, 5.41) is 14.9. The van der Waals surface area contributed by atoms with E-state index < -0.39 is 0 Å². The molecule has 0 fully saturated rings. The summed E-state index contributed by atoms with van der Waals surface area (Å²) >= 11 is 0. The maximum Gasteiger partial charge on any atom is 0.274 e. The molecule has 0 aliphatic carbocycles. The number of hydrogen-bond donors (Lipinski definition) is 1. The zero-order chi connectivity index (χ0) is 11.0. The van der Waals surface area contributed by atoms with Gasteiger partial charge in [-0.2, -0.15) is 5.21 Å². The first kappa shape index (κ1) is 8.90. The number of benzene rings is 1. The van der Waals surface area contributed by atoms with Crippen molar-refractivity contribution in [2.45, 2.75) is 0 Å². The third-order valence-corrected chi connectivity index (χ3v) is 2.46. The minimum absolute atomic E-state index is 0.517. The van der Waals surface area contributed by atoms with Gasteiger partial charge in [0, 0.05) is 11.6 Å². The Morgan fingerprint density at radius 3 is 3.00 bits per heavy atom. The zero-order valence-corrected chi connectivity index (χ0v) is 8.58. The van der Waals surface area contributed by atoms with Crippen LogP contribution in [0.5, 0.6) is 5.75 Å². The second-order valence-corrected chi connectivity index (χ2v) is 3.29. The van der Waals surface area contributed by atoms with Gasteiger partial charge in [-0.25, -0.2) is 0 Å². The van der Waals surface area contributed by atoms with Crippen molar-refractivity contribution in [3.63, 3.8) is 0 Å². The third kappa shape index (κ3) is 1.16. The molecule has 3 aromatic rings. The number of methoxy groups -OCH3 is 1. The number of nitrogens with zero attached hydrogens (tertiary/aromatic N) is 4. The van der Waals surface area contributed by atoms with Crippen LogP contribution in [-0.4, -0.2) is 32.3 Å². The molecule has 1 N–H and O–H groups in total. The molecular formula is C10H9N5O. The summed E-state index contributed by atoms with van der Waals surface area (Å²) in [6.45, 7) is 0. The largest absolute Gasteiger partial charge is 0.496 e. The fraction of sp³-hybridized carbons (Fsp3) is 0.100. The molecule has 0 aliphatic heterocycles. The fourth-order valence-electron chi connectivity index (χ4n) is 1.75. The average molecular weight is 215 g/mol. The topological polar surface area (TPSA) is 68.6 Å². The Balaban J connectivity index is 2.29. The number of aromatic nitrogens is 5.